The Kier molecular flexibility index (Phi) is 6.55. The molecule has 2 N–H and O–H groups in total. The molecule has 0 aliphatic carbocycles. The van der Waals surface area contributed by atoms with Gasteiger partial charge < -0.3 is 10.4 Å². The second kappa shape index (κ2) is 8.42. The highest BCUT2D eigenvalue weighted by molar-refractivity contribution is 7.09. The minimum Gasteiger partial charge on any atom is -0.393 e. The van der Waals surface area contributed by atoms with Crippen LogP contribution >= 0.6 is 11.3 Å². The molecular formula is C18H26N2OS. The Morgan fingerprint density at radius 2 is 1.91 bits per heavy atom. The Morgan fingerprint density at radius 3 is 2.50 bits per heavy atom. The van der Waals surface area contributed by atoms with Crippen molar-refractivity contribution in [2.75, 3.05) is 6.54 Å². The Bertz CT molecular complexity index is 551. The third-order valence-electron chi connectivity index (χ3n) is 3.66. The smallest absolute Gasteiger partial charge is 0.0954 e. The van der Waals surface area contributed by atoms with Gasteiger partial charge in [0.15, 0.2) is 0 Å². The summed E-state index contributed by atoms with van der Waals surface area (Å²) >= 11 is 1.73. The second-order valence-corrected chi connectivity index (χ2v) is 7.04. The first-order valence-electron chi connectivity index (χ1n) is 7.94. The standard InChI is InChI=1S/C18H26N2OS/c1-13(2)18-20-17(12-22-18)11-19-10-16(9-14(3)21)15-7-5-4-6-8-15/h4-8,12-14,16,19,21H,9-11H2,1-3H3. The van der Waals surface area contributed by atoms with Crippen LogP contribution in [-0.4, -0.2) is 22.7 Å². The topological polar surface area (TPSA) is 45.1 Å². The van der Waals surface area contributed by atoms with Gasteiger partial charge in [0, 0.05) is 24.4 Å². The van der Waals surface area contributed by atoms with E-state index in [0.717, 1.165) is 25.2 Å². The van der Waals surface area contributed by atoms with Crippen molar-refractivity contribution in [2.45, 2.75) is 51.7 Å². The van der Waals surface area contributed by atoms with E-state index in [-0.39, 0.29) is 6.10 Å². The zero-order valence-corrected chi connectivity index (χ0v) is 14.4. The van der Waals surface area contributed by atoms with Crippen molar-refractivity contribution in [3.8, 4) is 0 Å². The fraction of sp³-hybridized carbons (Fsp3) is 0.500. The third-order valence-corrected chi connectivity index (χ3v) is 4.85. The normalized spacial score (nSPS) is 14.2. The molecule has 0 spiro atoms. The van der Waals surface area contributed by atoms with Gasteiger partial charge >= 0.3 is 0 Å². The summed E-state index contributed by atoms with van der Waals surface area (Å²) < 4.78 is 0. The summed E-state index contributed by atoms with van der Waals surface area (Å²) in [5.74, 6) is 0.815. The molecule has 0 amide bonds. The van der Waals surface area contributed by atoms with E-state index in [0.29, 0.717) is 11.8 Å². The van der Waals surface area contributed by atoms with Crippen LogP contribution in [0.4, 0.5) is 0 Å². The van der Waals surface area contributed by atoms with Crippen LogP contribution < -0.4 is 5.32 Å². The van der Waals surface area contributed by atoms with Crippen LogP contribution in [0.3, 0.4) is 0 Å². The predicted octanol–water partition coefficient (Wildman–Crippen LogP) is 3.91. The molecule has 4 heteroatoms. The van der Waals surface area contributed by atoms with Crippen molar-refractivity contribution in [1.29, 1.82) is 0 Å². The number of benzene rings is 1. The lowest BCUT2D eigenvalue weighted by Gasteiger charge is -2.19. The highest BCUT2D eigenvalue weighted by Crippen LogP contribution is 2.21. The molecule has 0 aliphatic rings. The molecule has 0 radical (unpaired) electrons. The number of rotatable bonds is 8. The lowest BCUT2D eigenvalue weighted by molar-refractivity contribution is 0.173. The molecule has 120 valence electrons. The number of hydrogen-bond donors (Lipinski definition) is 2. The van der Waals surface area contributed by atoms with E-state index in [4.69, 9.17) is 0 Å². The maximum Gasteiger partial charge on any atom is 0.0954 e. The monoisotopic (exact) mass is 318 g/mol. The molecule has 0 aliphatic heterocycles. The van der Waals surface area contributed by atoms with Crippen LogP contribution in [0.5, 0.6) is 0 Å². The molecule has 2 aromatic rings. The Morgan fingerprint density at radius 1 is 1.18 bits per heavy atom. The van der Waals surface area contributed by atoms with E-state index in [1.54, 1.807) is 11.3 Å². The van der Waals surface area contributed by atoms with Gasteiger partial charge in [0.05, 0.1) is 16.8 Å². The summed E-state index contributed by atoms with van der Waals surface area (Å²) in [5, 5.41) is 16.5. The van der Waals surface area contributed by atoms with E-state index in [2.05, 4.69) is 53.8 Å². The molecule has 2 unspecified atom stereocenters. The van der Waals surface area contributed by atoms with Crippen LogP contribution in [0.2, 0.25) is 0 Å². The molecule has 0 saturated heterocycles. The molecule has 0 saturated carbocycles. The van der Waals surface area contributed by atoms with Crippen molar-refractivity contribution >= 4 is 11.3 Å². The van der Waals surface area contributed by atoms with E-state index in [9.17, 15) is 5.11 Å². The number of hydrogen-bond acceptors (Lipinski definition) is 4. The highest BCUT2D eigenvalue weighted by Gasteiger charge is 2.14. The van der Waals surface area contributed by atoms with Crippen LogP contribution in [0.25, 0.3) is 0 Å². The molecule has 0 bridgehead atoms. The van der Waals surface area contributed by atoms with Crippen molar-refractivity contribution < 1.29 is 5.11 Å². The quantitative estimate of drug-likeness (QED) is 0.775. The summed E-state index contributed by atoms with van der Waals surface area (Å²) in [7, 11) is 0. The summed E-state index contributed by atoms with van der Waals surface area (Å²) in [4.78, 5) is 4.65. The zero-order chi connectivity index (χ0) is 15.9. The largest absolute Gasteiger partial charge is 0.393 e. The SMILES string of the molecule is CC(O)CC(CNCc1csc(C(C)C)n1)c1ccccc1. The van der Waals surface area contributed by atoms with Gasteiger partial charge in [-0.3, -0.25) is 0 Å². The van der Waals surface area contributed by atoms with Crippen molar-refractivity contribution in [2.24, 2.45) is 0 Å². The molecule has 3 nitrogen and oxygen atoms in total. The number of nitrogens with zero attached hydrogens (tertiary/aromatic N) is 1. The Labute approximate surface area is 137 Å². The molecule has 2 rings (SSSR count). The maximum absolute atomic E-state index is 9.73. The number of aliphatic hydroxyl groups is 1. The summed E-state index contributed by atoms with van der Waals surface area (Å²) in [6, 6.07) is 10.4. The summed E-state index contributed by atoms with van der Waals surface area (Å²) in [5.41, 5.74) is 2.38. The summed E-state index contributed by atoms with van der Waals surface area (Å²) in [6.45, 7) is 7.83. The first kappa shape index (κ1) is 17.1. The predicted molar refractivity (Wildman–Crippen MR) is 93.4 cm³/mol. The molecular weight excluding hydrogens is 292 g/mol. The van der Waals surface area contributed by atoms with Gasteiger partial charge in [-0.25, -0.2) is 4.98 Å². The average molecular weight is 318 g/mol. The first-order chi connectivity index (χ1) is 10.6. The fourth-order valence-corrected chi connectivity index (χ4v) is 3.35. The highest BCUT2D eigenvalue weighted by atomic mass is 32.1. The summed E-state index contributed by atoms with van der Waals surface area (Å²) in [6.07, 6.45) is 0.476. The van der Waals surface area contributed by atoms with Crippen LogP contribution in [0, 0.1) is 0 Å². The number of aromatic nitrogens is 1. The molecule has 0 fully saturated rings. The van der Waals surface area contributed by atoms with Crippen molar-refractivity contribution in [3.05, 3.63) is 52.0 Å². The number of aliphatic hydroxyl groups excluding tert-OH is 1. The number of thiazole rings is 1. The zero-order valence-electron chi connectivity index (χ0n) is 13.6. The fourth-order valence-electron chi connectivity index (χ4n) is 2.52. The minimum atomic E-state index is -0.293. The molecule has 1 aromatic carbocycles. The van der Waals surface area contributed by atoms with Gasteiger partial charge in [0.25, 0.3) is 0 Å². The van der Waals surface area contributed by atoms with E-state index in [1.807, 2.05) is 13.0 Å². The van der Waals surface area contributed by atoms with Crippen molar-refractivity contribution in [3.63, 3.8) is 0 Å². The Balaban J connectivity index is 1.90. The third kappa shape index (κ3) is 5.20. The van der Waals surface area contributed by atoms with Gasteiger partial charge in [-0.1, -0.05) is 44.2 Å². The lowest BCUT2D eigenvalue weighted by Crippen LogP contribution is -2.24. The van der Waals surface area contributed by atoms with Gasteiger partial charge in [-0.2, -0.15) is 0 Å². The van der Waals surface area contributed by atoms with Crippen LogP contribution in [0.15, 0.2) is 35.7 Å². The lowest BCUT2D eigenvalue weighted by atomic mass is 9.93. The maximum atomic E-state index is 9.73. The van der Waals surface area contributed by atoms with Gasteiger partial charge in [0.2, 0.25) is 0 Å². The van der Waals surface area contributed by atoms with Crippen molar-refractivity contribution in [1.82, 2.24) is 10.3 Å². The second-order valence-electron chi connectivity index (χ2n) is 6.16. The molecule has 1 heterocycles. The van der Waals surface area contributed by atoms with Gasteiger partial charge in [-0.05, 0) is 24.8 Å². The van der Waals surface area contributed by atoms with Crippen LogP contribution in [0.1, 0.15) is 55.3 Å². The van der Waals surface area contributed by atoms with Gasteiger partial charge in [0.1, 0.15) is 0 Å². The number of nitrogens with one attached hydrogen (secondary N) is 1. The first-order valence-corrected chi connectivity index (χ1v) is 8.82. The van der Waals surface area contributed by atoms with E-state index < -0.39 is 0 Å². The van der Waals surface area contributed by atoms with E-state index >= 15 is 0 Å². The molecule has 1 aromatic heterocycles. The Hall–Kier alpha value is -1.23. The van der Waals surface area contributed by atoms with Crippen LogP contribution in [-0.2, 0) is 6.54 Å². The minimum absolute atomic E-state index is 0.293. The van der Waals surface area contributed by atoms with Gasteiger partial charge in [-0.15, -0.1) is 11.3 Å². The molecule has 22 heavy (non-hydrogen) atoms. The average Bonchev–Trinajstić information content (AvgIpc) is 2.96. The van der Waals surface area contributed by atoms with E-state index in [1.165, 1.54) is 10.6 Å². The molecule has 2 atom stereocenters.